The van der Waals surface area contributed by atoms with Crippen molar-refractivity contribution in [1.29, 1.82) is 0 Å². The highest BCUT2D eigenvalue weighted by molar-refractivity contribution is 6.26. The van der Waals surface area contributed by atoms with Gasteiger partial charge in [0, 0.05) is 0 Å². The van der Waals surface area contributed by atoms with E-state index in [1.807, 2.05) is 84.9 Å². The van der Waals surface area contributed by atoms with Gasteiger partial charge in [-0.3, -0.25) is 9.59 Å². The Kier molecular flexibility index (Phi) is 6.22. The van der Waals surface area contributed by atoms with E-state index in [-0.39, 0.29) is 6.61 Å². The Balaban J connectivity index is 2.03. The number of benzene rings is 3. The van der Waals surface area contributed by atoms with Gasteiger partial charge >= 0.3 is 11.9 Å². The van der Waals surface area contributed by atoms with Crippen molar-refractivity contribution in [3.8, 4) is 0 Å². The Morgan fingerprint density at radius 1 is 0.812 bits per heavy atom. The molecule has 1 heterocycles. The van der Waals surface area contributed by atoms with Crippen LogP contribution in [-0.4, -0.2) is 35.1 Å². The molecule has 3 aromatic rings. The first-order valence-corrected chi connectivity index (χ1v) is 10.4. The lowest BCUT2D eigenvalue weighted by Gasteiger charge is -2.25. The number of hydrogen-bond acceptors (Lipinski definition) is 5. The highest BCUT2D eigenvalue weighted by Gasteiger charge is 2.44. The molecule has 0 radical (unpaired) electrons. The van der Waals surface area contributed by atoms with Gasteiger partial charge in [0.05, 0.1) is 35.3 Å². The van der Waals surface area contributed by atoms with Gasteiger partial charge in [-0.1, -0.05) is 72.8 Å². The maximum absolute atomic E-state index is 12.9. The van der Waals surface area contributed by atoms with Gasteiger partial charge in [0.2, 0.25) is 0 Å². The van der Waals surface area contributed by atoms with E-state index < -0.39 is 23.8 Å². The molecule has 0 bridgehead atoms. The van der Waals surface area contributed by atoms with E-state index in [2.05, 4.69) is 0 Å². The number of fused-ring (bicyclic) bond motifs is 1. The second-order valence-corrected chi connectivity index (χ2v) is 7.26. The molecule has 0 fully saturated rings. The van der Waals surface area contributed by atoms with Gasteiger partial charge < -0.3 is 9.84 Å². The van der Waals surface area contributed by atoms with Crippen LogP contribution in [-0.2, 0) is 14.3 Å². The van der Waals surface area contributed by atoms with Crippen molar-refractivity contribution in [2.45, 2.75) is 6.92 Å². The van der Waals surface area contributed by atoms with Gasteiger partial charge in [0.1, 0.15) is 0 Å². The predicted octanol–water partition coefficient (Wildman–Crippen LogP) is 4.82. The number of carboxylic acid groups (broad SMARTS) is 1. The summed E-state index contributed by atoms with van der Waals surface area (Å²) in [5.41, 5.74) is 3.56. The van der Waals surface area contributed by atoms with Gasteiger partial charge in [0.25, 0.3) is 0 Å². The minimum atomic E-state index is -1.51. The Labute approximate surface area is 185 Å². The lowest BCUT2D eigenvalue weighted by molar-refractivity contribution is -0.158. The van der Waals surface area contributed by atoms with Gasteiger partial charge in [-0.05, 0) is 30.2 Å². The summed E-state index contributed by atoms with van der Waals surface area (Å²) >= 11 is 0. The van der Waals surface area contributed by atoms with E-state index in [1.165, 1.54) is 0 Å². The van der Waals surface area contributed by atoms with Gasteiger partial charge in [-0.15, -0.1) is 0 Å². The summed E-state index contributed by atoms with van der Waals surface area (Å²) in [7, 11) is 0. The molecule has 1 aliphatic rings. The molecular weight excluding hydrogens is 404 g/mol. The minimum absolute atomic E-state index is 0.0746. The van der Waals surface area contributed by atoms with Gasteiger partial charge in [-0.2, -0.15) is 0 Å². The van der Waals surface area contributed by atoms with Crippen molar-refractivity contribution in [2.24, 2.45) is 21.8 Å². The third kappa shape index (κ3) is 4.21. The molecule has 0 saturated heterocycles. The number of esters is 1. The second kappa shape index (κ2) is 9.39. The molecule has 32 heavy (non-hydrogen) atoms. The largest absolute Gasteiger partial charge is 0.481 e. The van der Waals surface area contributed by atoms with Crippen LogP contribution in [0.25, 0.3) is 0 Å². The Morgan fingerprint density at radius 2 is 1.25 bits per heavy atom. The van der Waals surface area contributed by atoms with Crippen molar-refractivity contribution in [1.82, 2.24) is 0 Å². The molecule has 6 nitrogen and oxygen atoms in total. The fraction of sp³-hybridized carbons (Fsp3) is 0.154. The topological polar surface area (TPSA) is 88.3 Å². The number of para-hydroxylation sites is 2. The zero-order valence-electron chi connectivity index (χ0n) is 17.5. The van der Waals surface area contributed by atoms with Crippen LogP contribution in [0.15, 0.2) is 94.9 Å². The molecule has 0 amide bonds. The molecule has 0 aromatic heterocycles. The van der Waals surface area contributed by atoms with Crippen LogP contribution in [0.2, 0.25) is 0 Å². The highest BCUT2D eigenvalue weighted by atomic mass is 16.5. The third-order valence-corrected chi connectivity index (χ3v) is 5.23. The number of carbonyl (C=O) groups is 2. The monoisotopic (exact) mass is 426 g/mol. The summed E-state index contributed by atoms with van der Waals surface area (Å²) < 4.78 is 5.18. The van der Waals surface area contributed by atoms with Crippen LogP contribution in [0.3, 0.4) is 0 Å². The predicted molar refractivity (Wildman–Crippen MR) is 123 cm³/mol. The number of nitrogens with zero attached hydrogens (tertiary/aromatic N) is 2. The molecule has 1 unspecified atom stereocenters. The Bertz CT molecular complexity index is 1110. The van der Waals surface area contributed by atoms with Crippen LogP contribution >= 0.6 is 0 Å². The molecule has 0 aliphatic carbocycles. The quantitative estimate of drug-likeness (QED) is 0.452. The number of hydrogen-bond donors (Lipinski definition) is 1. The first-order valence-electron chi connectivity index (χ1n) is 10.4. The third-order valence-electron chi connectivity index (χ3n) is 5.23. The summed E-state index contributed by atoms with van der Waals surface area (Å²) in [6.45, 7) is 1.73. The first-order chi connectivity index (χ1) is 15.6. The van der Waals surface area contributed by atoms with Gasteiger partial charge in [-0.25, -0.2) is 9.98 Å². The Hall–Kier alpha value is -4.06. The lowest BCUT2D eigenvalue weighted by Crippen LogP contribution is -2.42. The average Bonchev–Trinajstić information content (AvgIpc) is 2.98. The molecule has 1 atom stereocenters. The summed E-state index contributed by atoms with van der Waals surface area (Å²) in [5, 5.41) is 10.1. The molecular formula is C26H22N2O4. The maximum Gasteiger partial charge on any atom is 0.321 e. The standard InChI is InChI=1S/C26H22N2O4/c1-2-32-26(31)22(25(29)30)21-23(17-11-5-3-6-12-17)27-19-15-9-10-16-20(19)28-24(21)18-13-7-4-8-14-18/h3-16,21-22H,2H2,1H3,(H,29,30). The maximum atomic E-state index is 12.9. The van der Waals surface area contributed by atoms with Crippen molar-refractivity contribution < 1.29 is 19.4 Å². The zero-order valence-corrected chi connectivity index (χ0v) is 17.5. The number of rotatable bonds is 6. The zero-order chi connectivity index (χ0) is 22.5. The van der Waals surface area contributed by atoms with Crippen LogP contribution < -0.4 is 0 Å². The fourth-order valence-electron chi connectivity index (χ4n) is 3.81. The van der Waals surface area contributed by atoms with Crippen LogP contribution in [0.4, 0.5) is 11.4 Å². The first kappa shape index (κ1) is 21.2. The van der Waals surface area contributed by atoms with E-state index in [1.54, 1.807) is 6.92 Å². The molecule has 6 heteroatoms. The number of aliphatic imine (C=N–C) groups is 2. The SMILES string of the molecule is CCOC(=O)C(C(=O)O)C1C(c2ccccc2)=Nc2ccccc2N=C1c1ccccc1. The van der Waals surface area contributed by atoms with Crippen LogP contribution in [0.1, 0.15) is 18.1 Å². The normalized spacial score (nSPS) is 14.4. The number of carbonyl (C=O) groups excluding carboxylic acids is 1. The molecule has 0 saturated carbocycles. The molecule has 1 N–H and O–H groups in total. The molecule has 160 valence electrons. The van der Waals surface area contributed by atoms with E-state index in [0.717, 1.165) is 0 Å². The van der Waals surface area contributed by atoms with Gasteiger partial charge in [0.15, 0.2) is 5.92 Å². The van der Waals surface area contributed by atoms with E-state index in [4.69, 9.17) is 14.7 Å². The van der Waals surface area contributed by atoms with E-state index in [0.29, 0.717) is 33.9 Å². The second-order valence-electron chi connectivity index (χ2n) is 7.26. The van der Waals surface area contributed by atoms with E-state index >= 15 is 0 Å². The highest BCUT2D eigenvalue weighted by Crippen LogP contribution is 2.37. The summed E-state index contributed by atoms with van der Waals surface area (Å²) in [5.74, 6) is -4.57. The van der Waals surface area contributed by atoms with Crippen molar-refractivity contribution >= 4 is 34.7 Å². The summed E-state index contributed by atoms with van der Waals surface area (Å²) in [6, 6.07) is 25.9. The molecule has 1 aliphatic heterocycles. The minimum Gasteiger partial charge on any atom is -0.481 e. The number of carboxylic acids is 1. The lowest BCUT2D eigenvalue weighted by atomic mass is 9.79. The fourth-order valence-corrected chi connectivity index (χ4v) is 3.81. The van der Waals surface area contributed by atoms with E-state index in [9.17, 15) is 14.7 Å². The summed E-state index contributed by atoms with van der Waals surface area (Å²) in [6.07, 6.45) is 0. The molecule has 3 aromatic carbocycles. The molecule has 0 spiro atoms. The average molecular weight is 426 g/mol. The number of ether oxygens (including phenoxy) is 1. The van der Waals surface area contributed by atoms with Crippen LogP contribution in [0, 0.1) is 11.8 Å². The number of aliphatic carboxylic acids is 1. The summed E-state index contributed by atoms with van der Waals surface area (Å²) in [4.78, 5) is 35.0. The Morgan fingerprint density at radius 3 is 1.66 bits per heavy atom. The smallest absolute Gasteiger partial charge is 0.321 e. The van der Waals surface area contributed by atoms with Crippen molar-refractivity contribution in [3.63, 3.8) is 0 Å². The van der Waals surface area contributed by atoms with Crippen LogP contribution in [0.5, 0.6) is 0 Å². The molecule has 4 rings (SSSR count). The van der Waals surface area contributed by atoms with Crippen molar-refractivity contribution in [2.75, 3.05) is 6.61 Å². The van der Waals surface area contributed by atoms with Crippen molar-refractivity contribution in [3.05, 3.63) is 96.1 Å².